The molecule has 19 heavy (non-hydrogen) atoms. The van der Waals surface area contributed by atoms with Crippen molar-refractivity contribution >= 4 is 11.7 Å². The van der Waals surface area contributed by atoms with Gasteiger partial charge >= 0.3 is 6.03 Å². The van der Waals surface area contributed by atoms with Crippen LogP contribution >= 0.6 is 0 Å². The molecule has 0 bridgehead atoms. The smallest absolute Gasteiger partial charge is 0.319 e. The van der Waals surface area contributed by atoms with Gasteiger partial charge in [0.1, 0.15) is 11.6 Å². The average Bonchev–Trinajstić information content (AvgIpc) is 2.36. The highest BCUT2D eigenvalue weighted by Gasteiger charge is 2.20. The van der Waals surface area contributed by atoms with E-state index in [2.05, 4.69) is 10.6 Å². The fourth-order valence-electron chi connectivity index (χ4n) is 2.20. The van der Waals surface area contributed by atoms with E-state index < -0.39 is 17.7 Å². The summed E-state index contributed by atoms with van der Waals surface area (Å²) >= 11 is 0. The second-order valence-corrected chi connectivity index (χ2v) is 4.83. The number of amides is 2. The Kier molecular flexibility index (Phi) is 4.31. The second-order valence-electron chi connectivity index (χ2n) is 4.83. The van der Waals surface area contributed by atoms with E-state index in [1.54, 1.807) is 0 Å². The first-order chi connectivity index (χ1) is 9.04. The molecule has 4 N–H and O–H groups in total. The Hall–Kier alpha value is -1.69. The standard InChI is InChI=1S/C13H17F2N3O/c14-8-1-6-12(11(15)7-8)18-13(19)17-10-4-2-9(16)3-5-10/h1,6-7,9-10H,2-5,16H2,(H2,17,18,19). The SMILES string of the molecule is NC1CCC(NC(=O)Nc2ccc(F)cc2F)CC1. The molecule has 0 aromatic heterocycles. The summed E-state index contributed by atoms with van der Waals surface area (Å²) in [5.41, 5.74) is 5.74. The van der Waals surface area contributed by atoms with Crippen LogP contribution in [0.1, 0.15) is 25.7 Å². The van der Waals surface area contributed by atoms with E-state index in [1.807, 2.05) is 0 Å². The van der Waals surface area contributed by atoms with Crippen LogP contribution in [0, 0.1) is 11.6 Å². The monoisotopic (exact) mass is 269 g/mol. The largest absolute Gasteiger partial charge is 0.335 e. The summed E-state index contributed by atoms with van der Waals surface area (Å²) in [5.74, 6) is -1.47. The Morgan fingerprint density at radius 3 is 2.53 bits per heavy atom. The molecular formula is C13H17F2N3O. The van der Waals surface area contributed by atoms with E-state index in [0.717, 1.165) is 37.8 Å². The van der Waals surface area contributed by atoms with Gasteiger partial charge in [0.15, 0.2) is 0 Å². The summed E-state index contributed by atoms with van der Waals surface area (Å²) in [5, 5.41) is 5.14. The number of urea groups is 1. The molecule has 0 saturated heterocycles. The number of benzene rings is 1. The van der Waals surface area contributed by atoms with E-state index in [9.17, 15) is 13.6 Å². The van der Waals surface area contributed by atoms with Gasteiger partial charge in [0.05, 0.1) is 5.69 Å². The van der Waals surface area contributed by atoms with E-state index in [-0.39, 0.29) is 17.8 Å². The zero-order valence-corrected chi connectivity index (χ0v) is 10.5. The number of halogens is 2. The van der Waals surface area contributed by atoms with Gasteiger partial charge in [0, 0.05) is 18.2 Å². The molecule has 4 nitrogen and oxygen atoms in total. The van der Waals surface area contributed by atoms with Gasteiger partial charge in [-0.05, 0) is 37.8 Å². The molecule has 6 heteroatoms. The fourth-order valence-corrected chi connectivity index (χ4v) is 2.20. The molecule has 0 unspecified atom stereocenters. The van der Waals surface area contributed by atoms with Crippen molar-refractivity contribution in [2.24, 2.45) is 5.73 Å². The van der Waals surface area contributed by atoms with Gasteiger partial charge in [-0.2, -0.15) is 0 Å². The van der Waals surface area contributed by atoms with Crippen molar-refractivity contribution in [1.82, 2.24) is 5.32 Å². The number of anilines is 1. The van der Waals surface area contributed by atoms with E-state index in [1.165, 1.54) is 6.07 Å². The van der Waals surface area contributed by atoms with Crippen molar-refractivity contribution in [2.45, 2.75) is 37.8 Å². The summed E-state index contributed by atoms with van der Waals surface area (Å²) in [6.45, 7) is 0. The van der Waals surface area contributed by atoms with Crippen molar-refractivity contribution in [3.63, 3.8) is 0 Å². The number of rotatable bonds is 2. The van der Waals surface area contributed by atoms with Gasteiger partial charge in [-0.1, -0.05) is 0 Å². The number of hydrogen-bond acceptors (Lipinski definition) is 2. The third-order valence-electron chi connectivity index (χ3n) is 3.29. The Morgan fingerprint density at radius 1 is 1.21 bits per heavy atom. The number of carbonyl (C=O) groups excluding carboxylic acids is 1. The molecule has 2 rings (SSSR count). The minimum Gasteiger partial charge on any atom is -0.335 e. The van der Waals surface area contributed by atoms with E-state index in [4.69, 9.17) is 5.73 Å². The predicted octanol–water partition coefficient (Wildman–Crippen LogP) is 2.36. The Balaban J connectivity index is 1.87. The molecule has 104 valence electrons. The van der Waals surface area contributed by atoms with Crippen LogP contribution in [0.2, 0.25) is 0 Å². The van der Waals surface area contributed by atoms with Crippen molar-refractivity contribution in [1.29, 1.82) is 0 Å². The summed E-state index contributed by atoms with van der Waals surface area (Å²) in [7, 11) is 0. The van der Waals surface area contributed by atoms with Crippen LogP contribution in [0.15, 0.2) is 18.2 Å². The van der Waals surface area contributed by atoms with Gasteiger partial charge in [-0.25, -0.2) is 13.6 Å². The van der Waals surface area contributed by atoms with Crippen LogP contribution in [-0.2, 0) is 0 Å². The molecule has 1 fully saturated rings. The van der Waals surface area contributed by atoms with Gasteiger partial charge in [0.25, 0.3) is 0 Å². The van der Waals surface area contributed by atoms with E-state index in [0.29, 0.717) is 0 Å². The first kappa shape index (κ1) is 13.7. The molecule has 1 aromatic rings. The molecule has 0 radical (unpaired) electrons. The summed E-state index contributed by atoms with van der Waals surface area (Å²) in [4.78, 5) is 11.7. The quantitative estimate of drug-likeness (QED) is 0.771. The highest BCUT2D eigenvalue weighted by atomic mass is 19.1. The second kappa shape index (κ2) is 5.97. The lowest BCUT2D eigenvalue weighted by atomic mass is 9.92. The summed E-state index contributed by atoms with van der Waals surface area (Å²) in [6.07, 6.45) is 3.38. The molecule has 2 amide bonds. The molecule has 0 spiro atoms. The third kappa shape index (κ3) is 3.89. The molecule has 1 aromatic carbocycles. The zero-order valence-electron chi connectivity index (χ0n) is 10.5. The highest BCUT2D eigenvalue weighted by molar-refractivity contribution is 5.89. The molecule has 1 aliphatic carbocycles. The minimum absolute atomic E-state index is 0.0357. The minimum atomic E-state index is -0.791. The van der Waals surface area contributed by atoms with E-state index >= 15 is 0 Å². The predicted molar refractivity (Wildman–Crippen MR) is 68.7 cm³/mol. The average molecular weight is 269 g/mol. The lowest BCUT2D eigenvalue weighted by molar-refractivity contribution is 0.242. The lowest BCUT2D eigenvalue weighted by Gasteiger charge is -2.26. The van der Waals surface area contributed by atoms with Crippen molar-refractivity contribution in [3.05, 3.63) is 29.8 Å². The van der Waals surface area contributed by atoms with Gasteiger partial charge in [-0.3, -0.25) is 0 Å². The lowest BCUT2D eigenvalue weighted by Crippen LogP contribution is -2.42. The van der Waals surface area contributed by atoms with Crippen molar-refractivity contribution in [3.8, 4) is 0 Å². The van der Waals surface area contributed by atoms with Crippen molar-refractivity contribution in [2.75, 3.05) is 5.32 Å². The number of nitrogens with one attached hydrogen (secondary N) is 2. The van der Waals surface area contributed by atoms with Crippen LogP contribution < -0.4 is 16.4 Å². The number of carbonyl (C=O) groups is 1. The number of nitrogens with two attached hydrogens (primary N) is 1. The fraction of sp³-hybridized carbons (Fsp3) is 0.462. The van der Waals surface area contributed by atoms with Crippen LogP contribution in [0.3, 0.4) is 0 Å². The van der Waals surface area contributed by atoms with Crippen LogP contribution in [-0.4, -0.2) is 18.1 Å². The molecule has 0 heterocycles. The highest BCUT2D eigenvalue weighted by Crippen LogP contribution is 2.18. The topological polar surface area (TPSA) is 67.1 Å². The molecular weight excluding hydrogens is 252 g/mol. The molecule has 1 aliphatic rings. The maximum Gasteiger partial charge on any atom is 0.319 e. The first-order valence-corrected chi connectivity index (χ1v) is 6.33. The van der Waals surface area contributed by atoms with Crippen LogP contribution in [0.4, 0.5) is 19.3 Å². The van der Waals surface area contributed by atoms with Gasteiger partial charge in [-0.15, -0.1) is 0 Å². The van der Waals surface area contributed by atoms with Crippen LogP contribution in [0.5, 0.6) is 0 Å². The van der Waals surface area contributed by atoms with Gasteiger partial charge < -0.3 is 16.4 Å². The molecule has 0 atom stereocenters. The van der Waals surface area contributed by atoms with Crippen LogP contribution in [0.25, 0.3) is 0 Å². The van der Waals surface area contributed by atoms with Gasteiger partial charge in [0.2, 0.25) is 0 Å². The number of hydrogen-bond donors (Lipinski definition) is 3. The third-order valence-corrected chi connectivity index (χ3v) is 3.29. The Morgan fingerprint density at radius 2 is 1.89 bits per heavy atom. The Labute approximate surface area is 110 Å². The van der Waals surface area contributed by atoms with Crippen molar-refractivity contribution < 1.29 is 13.6 Å². The first-order valence-electron chi connectivity index (χ1n) is 6.33. The summed E-state index contributed by atoms with van der Waals surface area (Å²) in [6, 6.07) is 2.80. The maximum atomic E-state index is 13.3. The normalized spacial score (nSPS) is 22.9. The molecule has 1 saturated carbocycles. The zero-order chi connectivity index (χ0) is 13.8. The maximum absolute atomic E-state index is 13.3. The summed E-state index contributed by atoms with van der Waals surface area (Å²) < 4.78 is 26.1. The molecule has 0 aliphatic heterocycles. The Bertz CT molecular complexity index is 459.